The fraction of sp³-hybridized carbons (Fsp3) is 0.280. The SMILES string of the molecule is Cc1ccc(S(=O)(=O)OCCc2cc3ccc2CCc2ccc(cc2)CC3)cc1. The Morgan fingerprint density at radius 3 is 2.03 bits per heavy atom. The lowest BCUT2D eigenvalue weighted by molar-refractivity contribution is 0.321. The number of benzene rings is 3. The summed E-state index contributed by atoms with van der Waals surface area (Å²) in [6, 6.07) is 22.3. The average Bonchev–Trinajstić information content (AvgIpc) is 2.71. The van der Waals surface area contributed by atoms with Gasteiger partial charge < -0.3 is 0 Å². The molecule has 0 N–H and O–H groups in total. The predicted molar refractivity (Wildman–Crippen MR) is 116 cm³/mol. The van der Waals surface area contributed by atoms with Crippen molar-refractivity contribution in [2.24, 2.45) is 0 Å². The van der Waals surface area contributed by atoms with Crippen molar-refractivity contribution in [3.8, 4) is 0 Å². The molecule has 4 bridgehead atoms. The van der Waals surface area contributed by atoms with Gasteiger partial charge in [-0.1, -0.05) is 60.2 Å². The van der Waals surface area contributed by atoms with Crippen LogP contribution in [0.2, 0.25) is 0 Å². The summed E-state index contributed by atoms with van der Waals surface area (Å²) >= 11 is 0. The van der Waals surface area contributed by atoms with Gasteiger partial charge in [-0.25, -0.2) is 0 Å². The second kappa shape index (κ2) is 8.52. The van der Waals surface area contributed by atoms with E-state index < -0.39 is 10.1 Å². The van der Waals surface area contributed by atoms with Crippen LogP contribution >= 0.6 is 0 Å². The largest absolute Gasteiger partial charge is 0.296 e. The molecule has 0 unspecified atom stereocenters. The molecule has 0 radical (unpaired) electrons. The number of rotatable bonds is 5. The molecule has 4 heteroatoms. The van der Waals surface area contributed by atoms with Gasteiger partial charge in [0.1, 0.15) is 0 Å². The van der Waals surface area contributed by atoms with E-state index in [1.165, 1.54) is 27.8 Å². The quantitative estimate of drug-likeness (QED) is 0.570. The first-order valence-electron chi connectivity index (χ1n) is 10.1. The van der Waals surface area contributed by atoms with Crippen LogP contribution in [0.5, 0.6) is 0 Å². The summed E-state index contributed by atoms with van der Waals surface area (Å²) in [7, 11) is -3.72. The Morgan fingerprint density at radius 1 is 0.759 bits per heavy atom. The van der Waals surface area contributed by atoms with Crippen molar-refractivity contribution in [3.63, 3.8) is 0 Å². The molecule has 0 spiro atoms. The molecule has 0 atom stereocenters. The van der Waals surface area contributed by atoms with E-state index in [0.29, 0.717) is 6.42 Å². The highest BCUT2D eigenvalue weighted by Gasteiger charge is 2.15. The molecule has 3 aromatic rings. The topological polar surface area (TPSA) is 43.4 Å². The molecule has 4 aliphatic rings. The molecule has 0 saturated carbocycles. The van der Waals surface area contributed by atoms with Crippen LogP contribution in [0.25, 0.3) is 0 Å². The summed E-state index contributed by atoms with van der Waals surface area (Å²) in [6.45, 7) is 2.08. The highest BCUT2D eigenvalue weighted by atomic mass is 32.2. The Morgan fingerprint density at radius 2 is 1.34 bits per heavy atom. The van der Waals surface area contributed by atoms with Crippen LogP contribution in [0.4, 0.5) is 0 Å². The normalized spacial score (nSPS) is 13.8. The molecule has 7 rings (SSSR count). The van der Waals surface area contributed by atoms with Gasteiger partial charge in [-0.2, -0.15) is 8.42 Å². The fourth-order valence-electron chi connectivity index (χ4n) is 3.79. The Labute approximate surface area is 173 Å². The summed E-state index contributed by atoms with van der Waals surface area (Å²) in [6.07, 6.45) is 4.51. The van der Waals surface area contributed by atoms with E-state index in [1.807, 2.05) is 6.92 Å². The van der Waals surface area contributed by atoms with Gasteiger partial charge in [-0.15, -0.1) is 0 Å². The molecule has 0 fully saturated rings. The lowest BCUT2D eigenvalue weighted by Gasteiger charge is -2.14. The third kappa shape index (κ3) is 4.95. The maximum atomic E-state index is 12.4. The van der Waals surface area contributed by atoms with Crippen LogP contribution in [0, 0.1) is 6.92 Å². The molecule has 4 aliphatic carbocycles. The molecule has 150 valence electrons. The molecule has 0 aromatic heterocycles. The van der Waals surface area contributed by atoms with E-state index in [-0.39, 0.29) is 11.5 Å². The van der Waals surface area contributed by atoms with Crippen molar-refractivity contribution < 1.29 is 12.6 Å². The highest BCUT2D eigenvalue weighted by molar-refractivity contribution is 7.86. The van der Waals surface area contributed by atoms with E-state index in [4.69, 9.17) is 4.18 Å². The van der Waals surface area contributed by atoms with Crippen LogP contribution < -0.4 is 0 Å². The van der Waals surface area contributed by atoms with Crippen LogP contribution in [-0.4, -0.2) is 15.0 Å². The summed E-state index contributed by atoms with van der Waals surface area (Å²) in [4.78, 5) is 0.210. The van der Waals surface area contributed by atoms with Crippen LogP contribution in [0.15, 0.2) is 71.6 Å². The van der Waals surface area contributed by atoms with Crippen LogP contribution in [-0.2, 0) is 46.4 Å². The molecular weight excluding hydrogens is 380 g/mol. The highest BCUT2D eigenvalue weighted by Crippen LogP contribution is 2.21. The second-order valence-electron chi connectivity index (χ2n) is 7.76. The van der Waals surface area contributed by atoms with Crippen molar-refractivity contribution in [2.45, 2.75) is 43.9 Å². The van der Waals surface area contributed by atoms with Gasteiger partial charge in [0.2, 0.25) is 0 Å². The molecule has 3 nitrogen and oxygen atoms in total. The zero-order chi connectivity index (χ0) is 20.3. The first kappa shape index (κ1) is 19.9. The minimum atomic E-state index is -3.72. The molecule has 3 aromatic carbocycles. The van der Waals surface area contributed by atoms with E-state index in [1.54, 1.807) is 24.3 Å². The molecule has 29 heavy (non-hydrogen) atoms. The van der Waals surface area contributed by atoms with Gasteiger partial charge in [-0.05, 0) is 79.0 Å². The maximum Gasteiger partial charge on any atom is 0.296 e. The monoisotopic (exact) mass is 406 g/mol. The van der Waals surface area contributed by atoms with Gasteiger partial charge in [0, 0.05) is 0 Å². The van der Waals surface area contributed by atoms with Crippen molar-refractivity contribution in [1.29, 1.82) is 0 Å². The van der Waals surface area contributed by atoms with Crippen molar-refractivity contribution in [1.82, 2.24) is 0 Å². The molecule has 0 heterocycles. The molecular formula is C25H26O3S. The van der Waals surface area contributed by atoms with E-state index in [2.05, 4.69) is 42.5 Å². The molecule has 0 saturated heterocycles. The van der Waals surface area contributed by atoms with Crippen molar-refractivity contribution in [3.05, 3.63) is 100 Å². The lowest BCUT2D eigenvalue weighted by atomic mass is 9.92. The maximum absolute atomic E-state index is 12.4. The van der Waals surface area contributed by atoms with E-state index in [0.717, 1.165) is 31.2 Å². The Bertz CT molecular complexity index is 1080. The Kier molecular flexibility index (Phi) is 5.84. The summed E-state index contributed by atoms with van der Waals surface area (Å²) in [5, 5.41) is 0. The van der Waals surface area contributed by atoms with E-state index >= 15 is 0 Å². The molecule has 0 aliphatic heterocycles. The zero-order valence-electron chi connectivity index (χ0n) is 16.7. The summed E-state index contributed by atoms with van der Waals surface area (Å²) in [5.41, 5.74) is 7.46. The number of aryl methyl sites for hydroxylation is 5. The van der Waals surface area contributed by atoms with Crippen LogP contribution in [0.1, 0.15) is 33.4 Å². The third-order valence-electron chi connectivity index (χ3n) is 5.60. The number of hydrogen-bond acceptors (Lipinski definition) is 3. The van der Waals surface area contributed by atoms with Gasteiger partial charge in [0.15, 0.2) is 0 Å². The Balaban J connectivity index is 1.48. The van der Waals surface area contributed by atoms with Crippen molar-refractivity contribution in [2.75, 3.05) is 6.61 Å². The van der Waals surface area contributed by atoms with Gasteiger partial charge in [-0.3, -0.25) is 4.18 Å². The Hall–Kier alpha value is -2.43. The third-order valence-corrected chi connectivity index (χ3v) is 6.93. The van der Waals surface area contributed by atoms with E-state index in [9.17, 15) is 8.42 Å². The lowest BCUT2D eigenvalue weighted by Crippen LogP contribution is -2.11. The summed E-state index contributed by atoms with van der Waals surface area (Å²) < 4.78 is 30.2. The van der Waals surface area contributed by atoms with Gasteiger partial charge >= 0.3 is 0 Å². The van der Waals surface area contributed by atoms with Crippen molar-refractivity contribution >= 4 is 10.1 Å². The first-order chi connectivity index (χ1) is 14.0. The zero-order valence-corrected chi connectivity index (χ0v) is 17.5. The number of hydrogen-bond donors (Lipinski definition) is 0. The summed E-state index contributed by atoms with van der Waals surface area (Å²) in [5.74, 6) is 0. The molecule has 0 amide bonds. The minimum Gasteiger partial charge on any atom is -0.266 e. The first-order valence-corrected chi connectivity index (χ1v) is 11.5. The van der Waals surface area contributed by atoms with Crippen LogP contribution in [0.3, 0.4) is 0 Å². The van der Waals surface area contributed by atoms with Gasteiger partial charge in [0.05, 0.1) is 11.5 Å². The average molecular weight is 407 g/mol. The van der Waals surface area contributed by atoms with Gasteiger partial charge in [0.25, 0.3) is 10.1 Å². The standard InChI is InChI=1S/C25H26O3S/c1-19-2-14-25(15-3-19)29(26,27)28-17-16-24-18-22-9-8-20-4-6-21(7-5-20)10-12-23(24)13-11-22/h2-7,11,13-15,18H,8-10,12,16-17H2,1H3. The second-order valence-corrected chi connectivity index (χ2v) is 9.37. The minimum absolute atomic E-state index is 0.153. The smallest absolute Gasteiger partial charge is 0.266 e. The predicted octanol–water partition coefficient (Wildman–Crippen LogP) is 4.83. The fourth-order valence-corrected chi connectivity index (χ4v) is 4.69.